The zero-order valence-electron chi connectivity index (χ0n) is 14.7. The fourth-order valence-electron chi connectivity index (χ4n) is 3.17. The summed E-state index contributed by atoms with van der Waals surface area (Å²) in [4.78, 5) is 31.1. The summed E-state index contributed by atoms with van der Waals surface area (Å²) in [6, 6.07) is 7.60. The molecule has 1 N–H and O–H groups in total. The van der Waals surface area contributed by atoms with Crippen molar-refractivity contribution in [2.45, 2.75) is 33.1 Å². The molecular formula is C20H23N3O2. The maximum absolute atomic E-state index is 12.7. The Bertz CT molecular complexity index is 795. The Balaban J connectivity index is 1.81. The maximum atomic E-state index is 12.7. The molecule has 130 valence electrons. The number of hydrogen-bond donors (Lipinski definition) is 1. The summed E-state index contributed by atoms with van der Waals surface area (Å²) in [5.74, 6) is -0.294. The van der Waals surface area contributed by atoms with Crippen molar-refractivity contribution in [3.05, 3.63) is 58.9 Å². The summed E-state index contributed by atoms with van der Waals surface area (Å²) < 4.78 is 0. The molecule has 25 heavy (non-hydrogen) atoms. The van der Waals surface area contributed by atoms with Crippen molar-refractivity contribution in [2.24, 2.45) is 0 Å². The van der Waals surface area contributed by atoms with Crippen molar-refractivity contribution >= 4 is 17.5 Å². The molecule has 0 radical (unpaired) electrons. The highest BCUT2D eigenvalue weighted by Crippen LogP contribution is 2.22. The highest BCUT2D eigenvalue weighted by Gasteiger charge is 2.21. The van der Waals surface area contributed by atoms with Crippen LogP contribution in [0.15, 0.2) is 36.7 Å². The van der Waals surface area contributed by atoms with Crippen molar-refractivity contribution in [1.82, 2.24) is 9.88 Å². The smallest absolute Gasteiger partial charge is 0.257 e. The lowest BCUT2D eigenvalue weighted by Crippen LogP contribution is -2.28. The van der Waals surface area contributed by atoms with Crippen LogP contribution in [0.3, 0.4) is 0 Å². The predicted molar refractivity (Wildman–Crippen MR) is 97.9 cm³/mol. The minimum Gasteiger partial charge on any atom is -0.339 e. The molecule has 0 unspecified atom stereocenters. The van der Waals surface area contributed by atoms with E-state index in [1.807, 2.05) is 30.0 Å². The second kappa shape index (κ2) is 7.47. The maximum Gasteiger partial charge on any atom is 0.257 e. The molecule has 2 aromatic rings. The van der Waals surface area contributed by atoms with Gasteiger partial charge >= 0.3 is 0 Å². The van der Waals surface area contributed by atoms with Crippen LogP contribution < -0.4 is 5.32 Å². The van der Waals surface area contributed by atoms with Gasteiger partial charge in [0.1, 0.15) is 0 Å². The Hall–Kier alpha value is -2.69. The van der Waals surface area contributed by atoms with Crippen LogP contribution in [-0.2, 0) is 6.42 Å². The minimum absolute atomic E-state index is 0.0511. The molecule has 5 nitrogen and oxygen atoms in total. The molecule has 1 aliphatic rings. The molecular weight excluding hydrogens is 314 g/mol. The van der Waals surface area contributed by atoms with E-state index in [9.17, 15) is 9.59 Å². The third kappa shape index (κ3) is 3.71. The molecule has 1 fully saturated rings. The fraction of sp³-hybridized carbons (Fsp3) is 0.350. The standard InChI is InChI=1S/C20H23N3O2/c1-3-15-8-6-7-14(2)18(15)22-19(24)16-11-17(13-21-12-16)20(25)23-9-4-5-10-23/h6-8,11-13H,3-5,9-10H2,1-2H3,(H,22,24). The van der Waals surface area contributed by atoms with Crippen LogP contribution in [0.25, 0.3) is 0 Å². The highest BCUT2D eigenvalue weighted by molar-refractivity contribution is 6.06. The summed E-state index contributed by atoms with van der Waals surface area (Å²) >= 11 is 0. The van der Waals surface area contributed by atoms with Gasteiger partial charge in [0.2, 0.25) is 0 Å². The average molecular weight is 337 g/mol. The van der Waals surface area contributed by atoms with E-state index in [0.717, 1.165) is 49.2 Å². The van der Waals surface area contributed by atoms with Gasteiger partial charge in [-0.25, -0.2) is 0 Å². The number of benzene rings is 1. The second-order valence-electron chi connectivity index (χ2n) is 6.38. The topological polar surface area (TPSA) is 62.3 Å². The first-order valence-electron chi connectivity index (χ1n) is 8.74. The van der Waals surface area contributed by atoms with Gasteiger partial charge in [-0.1, -0.05) is 25.1 Å². The van der Waals surface area contributed by atoms with E-state index >= 15 is 0 Å². The minimum atomic E-state index is -0.243. The quantitative estimate of drug-likeness (QED) is 0.929. The van der Waals surface area contributed by atoms with Crippen LogP contribution in [0.2, 0.25) is 0 Å². The molecule has 0 atom stereocenters. The summed E-state index contributed by atoms with van der Waals surface area (Å²) in [5, 5.41) is 2.98. The van der Waals surface area contributed by atoms with E-state index in [1.54, 1.807) is 6.07 Å². The number of aryl methyl sites for hydroxylation is 2. The molecule has 3 rings (SSSR count). The number of carbonyl (C=O) groups is 2. The third-order valence-corrected chi connectivity index (χ3v) is 4.62. The SMILES string of the molecule is CCc1cccc(C)c1NC(=O)c1cncc(C(=O)N2CCCC2)c1. The van der Waals surface area contributed by atoms with Gasteiger partial charge in [0, 0.05) is 31.2 Å². The van der Waals surface area contributed by atoms with Gasteiger partial charge < -0.3 is 10.2 Å². The number of likely N-dealkylation sites (tertiary alicyclic amines) is 1. The Kier molecular flexibility index (Phi) is 5.12. The first-order chi connectivity index (χ1) is 12.1. The molecule has 0 bridgehead atoms. The van der Waals surface area contributed by atoms with Gasteiger partial charge in [0.25, 0.3) is 11.8 Å². The van der Waals surface area contributed by atoms with Gasteiger partial charge in [0.05, 0.1) is 11.1 Å². The summed E-state index contributed by atoms with van der Waals surface area (Å²) in [5.41, 5.74) is 3.81. The largest absolute Gasteiger partial charge is 0.339 e. The van der Waals surface area contributed by atoms with E-state index in [0.29, 0.717) is 11.1 Å². The molecule has 1 saturated heterocycles. The molecule has 2 heterocycles. The number of nitrogens with one attached hydrogen (secondary N) is 1. The summed E-state index contributed by atoms with van der Waals surface area (Å²) in [6.07, 6.45) is 5.94. The van der Waals surface area contributed by atoms with Gasteiger partial charge in [-0.3, -0.25) is 14.6 Å². The first kappa shape index (κ1) is 17.1. The van der Waals surface area contributed by atoms with Gasteiger partial charge in [-0.2, -0.15) is 0 Å². The van der Waals surface area contributed by atoms with Crippen LogP contribution >= 0.6 is 0 Å². The molecule has 5 heteroatoms. The number of aromatic nitrogens is 1. The molecule has 0 aliphatic carbocycles. The monoisotopic (exact) mass is 337 g/mol. The van der Waals surface area contributed by atoms with Crippen molar-refractivity contribution in [2.75, 3.05) is 18.4 Å². The lowest BCUT2D eigenvalue weighted by molar-refractivity contribution is 0.0792. The van der Waals surface area contributed by atoms with E-state index in [1.165, 1.54) is 12.4 Å². The van der Waals surface area contributed by atoms with Crippen LogP contribution in [0.4, 0.5) is 5.69 Å². The molecule has 1 aromatic carbocycles. The van der Waals surface area contributed by atoms with Crippen molar-refractivity contribution in [3.63, 3.8) is 0 Å². The van der Waals surface area contributed by atoms with E-state index in [-0.39, 0.29) is 11.8 Å². The van der Waals surface area contributed by atoms with Crippen molar-refractivity contribution < 1.29 is 9.59 Å². The summed E-state index contributed by atoms with van der Waals surface area (Å²) in [6.45, 7) is 5.58. The average Bonchev–Trinajstić information content (AvgIpc) is 3.17. The zero-order valence-corrected chi connectivity index (χ0v) is 14.7. The second-order valence-corrected chi connectivity index (χ2v) is 6.38. The lowest BCUT2D eigenvalue weighted by Gasteiger charge is -2.16. The summed E-state index contributed by atoms with van der Waals surface area (Å²) in [7, 11) is 0. The lowest BCUT2D eigenvalue weighted by atomic mass is 10.1. The molecule has 0 saturated carbocycles. The number of pyridine rings is 1. The molecule has 0 spiro atoms. The zero-order chi connectivity index (χ0) is 17.8. The van der Waals surface area contributed by atoms with E-state index in [4.69, 9.17) is 0 Å². The van der Waals surface area contributed by atoms with E-state index < -0.39 is 0 Å². The number of para-hydroxylation sites is 1. The highest BCUT2D eigenvalue weighted by atomic mass is 16.2. The number of hydrogen-bond acceptors (Lipinski definition) is 3. The third-order valence-electron chi connectivity index (χ3n) is 4.62. The Morgan fingerprint density at radius 3 is 2.60 bits per heavy atom. The van der Waals surface area contributed by atoms with Crippen LogP contribution in [0.5, 0.6) is 0 Å². The van der Waals surface area contributed by atoms with Crippen LogP contribution in [0, 0.1) is 6.92 Å². The Morgan fingerprint density at radius 2 is 1.88 bits per heavy atom. The van der Waals surface area contributed by atoms with Crippen LogP contribution in [0.1, 0.15) is 51.6 Å². The Labute approximate surface area is 148 Å². The number of anilines is 1. The van der Waals surface area contributed by atoms with E-state index in [2.05, 4.69) is 17.2 Å². The first-order valence-corrected chi connectivity index (χ1v) is 8.74. The molecule has 1 aliphatic heterocycles. The van der Waals surface area contributed by atoms with Crippen LogP contribution in [-0.4, -0.2) is 34.8 Å². The van der Waals surface area contributed by atoms with Gasteiger partial charge in [0.15, 0.2) is 0 Å². The fourth-order valence-corrected chi connectivity index (χ4v) is 3.17. The molecule has 1 aromatic heterocycles. The number of carbonyl (C=O) groups excluding carboxylic acids is 2. The number of amides is 2. The molecule has 2 amide bonds. The number of nitrogens with zero attached hydrogens (tertiary/aromatic N) is 2. The van der Waals surface area contributed by atoms with Crippen molar-refractivity contribution in [1.29, 1.82) is 0 Å². The number of rotatable bonds is 4. The van der Waals surface area contributed by atoms with Crippen molar-refractivity contribution in [3.8, 4) is 0 Å². The van der Waals surface area contributed by atoms with Gasteiger partial charge in [-0.05, 0) is 43.4 Å². The predicted octanol–water partition coefficient (Wildman–Crippen LogP) is 3.44. The normalized spacial score (nSPS) is 13.8. The van der Waals surface area contributed by atoms with Gasteiger partial charge in [-0.15, -0.1) is 0 Å². The Morgan fingerprint density at radius 1 is 1.16 bits per heavy atom.